The van der Waals surface area contributed by atoms with Gasteiger partial charge in [0, 0.05) is 18.7 Å². The Hall–Kier alpha value is -3.22. The third kappa shape index (κ3) is 4.36. The molecule has 28 heavy (non-hydrogen) atoms. The van der Waals surface area contributed by atoms with Crippen molar-refractivity contribution in [3.8, 4) is 11.3 Å². The maximum atomic E-state index is 12.7. The van der Waals surface area contributed by atoms with Crippen molar-refractivity contribution in [2.24, 2.45) is 5.92 Å². The predicted octanol–water partition coefficient (Wildman–Crippen LogP) is 3.05. The van der Waals surface area contributed by atoms with Crippen LogP contribution < -0.4 is 5.32 Å². The first-order valence-corrected chi connectivity index (χ1v) is 9.35. The van der Waals surface area contributed by atoms with Gasteiger partial charge in [0.2, 0.25) is 0 Å². The average molecular weight is 380 g/mol. The molecule has 0 atom stereocenters. The number of esters is 1. The lowest BCUT2D eigenvalue weighted by Gasteiger charge is -2.10. The predicted molar refractivity (Wildman–Crippen MR) is 107 cm³/mol. The molecule has 2 heterocycles. The molecule has 0 radical (unpaired) electrons. The van der Waals surface area contributed by atoms with Gasteiger partial charge in [0.15, 0.2) is 12.3 Å². The summed E-state index contributed by atoms with van der Waals surface area (Å²) in [6.07, 6.45) is 1.61. The van der Waals surface area contributed by atoms with Crippen molar-refractivity contribution in [1.82, 2.24) is 20.1 Å². The number of hydrogen-bond acceptors (Lipinski definition) is 5. The maximum absolute atomic E-state index is 12.7. The highest BCUT2D eigenvalue weighted by Crippen LogP contribution is 2.25. The van der Waals surface area contributed by atoms with Gasteiger partial charge in [0.05, 0.1) is 22.8 Å². The van der Waals surface area contributed by atoms with Gasteiger partial charge in [-0.05, 0) is 18.9 Å². The summed E-state index contributed by atoms with van der Waals surface area (Å²) < 4.78 is 6.98. The van der Waals surface area contributed by atoms with E-state index in [1.54, 1.807) is 16.9 Å². The Morgan fingerprint density at radius 1 is 1.21 bits per heavy atom. The van der Waals surface area contributed by atoms with Crippen LogP contribution >= 0.6 is 0 Å². The minimum absolute atomic E-state index is 0.320. The van der Waals surface area contributed by atoms with E-state index in [0.29, 0.717) is 41.3 Å². The number of carbonyl (C=O) groups excluding carboxylic acids is 2. The lowest BCUT2D eigenvalue weighted by molar-refractivity contribution is -0.124. The third-order valence-electron chi connectivity index (χ3n) is 4.24. The average Bonchev–Trinajstić information content (AvgIpc) is 3.13. The molecule has 1 amide bonds. The SMILES string of the molecule is CCn1ncc2c(C(=O)OCC(=O)NCC(C)C)cc(-c3ccccc3)nc21. The van der Waals surface area contributed by atoms with Crippen LogP contribution in [0, 0.1) is 5.92 Å². The molecule has 0 aliphatic heterocycles. The molecule has 0 bridgehead atoms. The van der Waals surface area contributed by atoms with E-state index in [9.17, 15) is 9.59 Å². The van der Waals surface area contributed by atoms with Crippen molar-refractivity contribution in [2.75, 3.05) is 13.2 Å². The number of benzene rings is 1. The summed E-state index contributed by atoms with van der Waals surface area (Å²) in [6.45, 7) is 6.80. The van der Waals surface area contributed by atoms with Gasteiger partial charge < -0.3 is 10.1 Å². The molecule has 0 saturated carbocycles. The second-order valence-electron chi connectivity index (χ2n) is 6.89. The van der Waals surface area contributed by atoms with Crippen molar-refractivity contribution >= 4 is 22.9 Å². The lowest BCUT2D eigenvalue weighted by Crippen LogP contribution is -2.31. The molecule has 0 fully saturated rings. The Morgan fingerprint density at radius 3 is 2.64 bits per heavy atom. The van der Waals surface area contributed by atoms with E-state index in [0.717, 1.165) is 5.56 Å². The quantitative estimate of drug-likeness (QED) is 0.637. The van der Waals surface area contributed by atoms with Crippen LogP contribution in [-0.2, 0) is 16.1 Å². The molecule has 7 heteroatoms. The van der Waals surface area contributed by atoms with E-state index in [1.807, 2.05) is 51.1 Å². The number of nitrogens with zero attached hydrogens (tertiary/aromatic N) is 3. The minimum Gasteiger partial charge on any atom is -0.452 e. The minimum atomic E-state index is -0.570. The smallest absolute Gasteiger partial charge is 0.339 e. The van der Waals surface area contributed by atoms with Gasteiger partial charge in [-0.2, -0.15) is 5.10 Å². The summed E-state index contributed by atoms with van der Waals surface area (Å²) in [7, 11) is 0. The molecular formula is C21H24N4O3. The van der Waals surface area contributed by atoms with Gasteiger partial charge in [-0.1, -0.05) is 44.2 Å². The van der Waals surface area contributed by atoms with Gasteiger partial charge in [-0.15, -0.1) is 0 Å². The van der Waals surface area contributed by atoms with E-state index < -0.39 is 5.97 Å². The number of fused-ring (bicyclic) bond motifs is 1. The standard InChI is InChI=1S/C21H24N4O3/c1-4-25-20-17(12-23-25)16(10-18(24-20)15-8-6-5-7-9-15)21(27)28-13-19(26)22-11-14(2)3/h5-10,12,14H,4,11,13H2,1-3H3,(H,22,26). The number of nitrogens with one attached hydrogen (secondary N) is 1. The largest absolute Gasteiger partial charge is 0.452 e. The number of hydrogen-bond donors (Lipinski definition) is 1. The highest BCUT2D eigenvalue weighted by molar-refractivity contribution is 6.04. The molecule has 146 valence electrons. The monoisotopic (exact) mass is 380 g/mol. The Kier molecular flexibility index (Phi) is 6.03. The fourth-order valence-electron chi connectivity index (χ4n) is 2.78. The van der Waals surface area contributed by atoms with Crippen molar-refractivity contribution < 1.29 is 14.3 Å². The zero-order chi connectivity index (χ0) is 20.1. The summed E-state index contributed by atoms with van der Waals surface area (Å²) in [5, 5.41) is 7.64. The van der Waals surface area contributed by atoms with Crippen molar-refractivity contribution in [2.45, 2.75) is 27.3 Å². The van der Waals surface area contributed by atoms with Gasteiger partial charge in [-0.3, -0.25) is 4.79 Å². The molecule has 0 aliphatic rings. The van der Waals surface area contributed by atoms with Crippen LogP contribution in [0.25, 0.3) is 22.3 Å². The van der Waals surface area contributed by atoms with E-state index in [2.05, 4.69) is 15.4 Å². The third-order valence-corrected chi connectivity index (χ3v) is 4.24. The summed E-state index contributed by atoms with van der Waals surface area (Å²) in [4.78, 5) is 29.3. The normalized spacial score (nSPS) is 11.0. The van der Waals surface area contributed by atoms with Crippen molar-refractivity contribution in [3.05, 3.63) is 48.2 Å². The van der Waals surface area contributed by atoms with Crippen LogP contribution in [-0.4, -0.2) is 39.8 Å². The zero-order valence-corrected chi connectivity index (χ0v) is 16.3. The Labute approximate surface area is 163 Å². The van der Waals surface area contributed by atoms with Crippen LogP contribution in [0.2, 0.25) is 0 Å². The topological polar surface area (TPSA) is 86.1 Å². The van der Waals surface area contributed by atoms with E-state index in [4.69, 9.17) is 4.74 Å². The fourth-order valence-corrected chi connectivity index (χ4v) is 2.78. The lowest BCUT2D eigenvalue weighted by atomic mass is 10.1. The molecule has 0 spiro atoms. The van der Waals surface area contributed by atoms with Crippen LogP contribution in [0.15, 0.2) is 42.6 Å². The second-order valence-corrected chi connectivity index (χ2v) is 6.89. The van der Waals surface area contributed by atoms with Crippen LogP contribution in [0.3, 0.4) is 0 Å². The van der Waals surface area contributed by atoms with E-state index in [1.165, 1.54) is 0 Å². The fraction of sp³-hybridized carbons (Fsp3) is 0.333. The highest BCUT2D eigenvalue weighted by Gasteiger charge is 2.19. The number of amides is 1. The van der Waals surface area contributed by atoms with E-state index >= 15 is 0 Å². The molecule has 7 nitrogen and oxygen atoms in total. The summed E-state index contributed by atoms with van der Waals surface area (Å²) in [5.74, 6) is -0.562. The Morgan fingerprint density at radius 2 is 1.96 bits per heavy atom. The summed E-state index contributed by atoms with van der Waals surface area (Å²) in [5.41, 5.74) is 2.50. The number of pyridine rings is 1. The zero-order valence-electron chi connectivity index (χ0n) is 16.3. The molecule has 0 unspecified atom stereocenters. The molecule has 3 aromatic rings. The maximum Gasteiger partial charge on any atom is 0.339 e. The van der Waals surface area contributed by atoms with Gasteiger partial charge in [-0.25, -0.2) is 14.5 Å². The van der Waals surface area contributed by atoms with E-state index in [-0.39, 0.29) is 12.5 Å². The Bertz CT molecular complexity index is 980. The van der Waals surface area contributed by atoms with Crippen LogP contribution in [0.4, 0.5) is 0 Å². The second kappa shape index (κ2) is 8.65. The first kappa shape index (κ1) is 19.5. The molecule has 3 rings (SSSR count). The number of rotatable bonds is 7. The number of aromatic nitrogens is 3. The number of ether oxygens (including phenoxy) is 1. The molecule has 2 aromatic heterocycles. The number of carbonyl (C=O) groups is 2. The molecule has 0 saturated heterocycles. The Balaban J connectivity index is 1.90. The van der Waals surface area contributed by atoms with Crippen molar-refractivity contribution in [1.29, 1.82) is 0 Å². The van der Waals surface area contributed by atoms with Crippen LogP contribution in [0.5, 0.6) is 0 Å². The van der Waals surface area contributed by atoms with Gasteiger partial charge in [0.1, 0.15) is 0 Å². The molecule has 1 aromatic carbocycles. The number of aryl methyl sites for hydroxylation is 1. The summed E-state index contributed by atoms with van der Waals surface area (Å²) in [6, 6.07) is 11.3. The summed E-state index contributed by atoms with van der Waals surface area (Å²) >= 11 is 0. The first-order valence-electron chi connectivity index (χ1n) is 9.35. The van der Waals surface area contributed by atoms with Crippen LogP contribution in [0.1, 0.15) is 31.1 Å². The van der Waals surface area contributed by atoms with Gasteiger partial charge >= 0.3 is 5.97 Å². The molecular weight excluding hydrogens is 356 g/mol. The molecule has 0 aliphatic carbocycles. The highest BCUT2D eigenvalue weighted by atomic mass is 16.5. The molecule has 1 N–H and O–H groups in total. The van der Waals surface area contributed by atoms with Crippen molar-refractivity contribution in [3.63, 3.8) is 0 Å². The van der Waals surface area contributed by atoms with Gasteiger partial charge in [0.25, 0.3) is 5.91 Å². The first-order chi connectivity index (χ1) is 13.5.